The van der Waals surface area contributed by atoms with Crippen LogP contribution in [0.4, 0.5) is 0 Å². The van der Waals surface area contributed by atoms with E-state index in [2.05, 4.69) is 10.1 Å². The van der Waals surface area contributed by atoms with Crippen molar-refractivity contribution in [1.29, 1.82) is 0 Å². The molecule has 0 unspecified atom stereocenters. The van der Waals surface area contributed by atoms with Crippen LogP contribution in [-0.2, 0) is 11.3 Å². The number of nitrogens with zero attached hydrogens (tertiary/aromatic N) is 3. The van der Waals surface area contributed by atoms with E-state index in [1.54, 1.807) is 6.92 Å². The average molecular weight is 303 g/mol. The van der Waals surface area contributed by atoms with Crippen molar-refractivity contribution in [3.63, 3.8) is 0 Å². The molecule has 0 saturated heterocycles. The van der Waals surface area contributed by atoms with E-state index in [0.717, 1.165) is 10.6 Å². The predicted molar refractivity (Wildman–Crippen MR) is 78.2 cm³/mol. The van der Waals surface area contributed by atoms with E-state index < -0.39 is 5.97 Å². The number of carbonyl (C=O) groups excluding carboxylic acids is 1. The Kier molecular flexibility index (Phi) is 3.68. The molecule has 0 aliphatic carbocycles. The van der Waals surface area contributed by atoms with Gasteiger partial charge in [-0.3, -0.25) is 0 Å². The maximum absolute atomic E-state index is 11.8. The molecule has 0 saturated carbocycles. The molecule has 0 atom stereocenters. The minimum absolute atomic E-state index is 0.123. The number of ether oxygens (including phenoxy) is 1. The SMILES string of the molecule is CCOC(=O)c1nc2sc(-c3ccccc3)nn2c1CO. The molecule has 7 heteroatoms. The molecular weight excluding hydrogens is 290 g/mol. The van der Waals surface area contributed by atoms with Gasteiger partial charge in [-0.05, 0) is 6.92 Å². The Bertz CT molecular complexity index is 779. The van der Waals surface area contributed by atoms with Gasteiger partial charge in [0.05, 0.1) is 13.2 Å². The van der Waals surface area contributed by atoms with Crippen LogP contribution >= 0.6 is 11.3 Å². The number of carbonyl (C=O) groups is 1. The molecule has 0 aliphatic heterocycles. The predicted octanol–water partition coefficient (Wildman–Crippen LogP) is 2.13. The molecule has 0 amide bonds. The largest absolute Gasteiger partial charge is 0.461 e. The van der Waals surface area contributed by atoms with Crippen LogP contribution < -0.4 is 0 Å². The minimum atomic E-state index is -0.541. The highest BCUT2D eigenvalue weighted by molar-refractivity contribution is 7.19. The molecule has 3 aromatic rings. The van der Waals surface area contributed by atoms with Gasteiger partial charge in [-0.1, -0.05) is 41.7 Å². The normalized spacial score (nSPS) is 11.0. The maximum atomic E-state index is 11.8. The van der Waals surface area contributed by atoms with Gasteiger partial charge in [0.1, 0.15) is 10.7 Å². The summed E-state index contributed by atoms with van der Waals surface area (Å²) in [4.78, 5) is 16.6. The Morgan fingerprint density at radius 1 is 1.38 bits per heavy atom. The fourth-order valence-electron chi connectivity index (χ4n) is 1.99. The van der Waals surface area contributed by atoms with Gasteiger partial charge in [-0.25, -0.2) is 14.3 Å². The lowest BCUT2D eigenvalue weighted by molar-refractivity contribution is 0.0516. The van der Waals surface area contributed by atoms with Crippen molar-refractivity contribution in [2.24, 2.45) is 0 Å². The molecule has 0 bridgehead atoms. The number of esters is 1. The molecule has 0 aliphatic rings. The molecule has 2 aromatic heterocycles. The summed E-state index contributed by atoms with van der Waals surface area (Å²) in [5, 5.41) is 14.7. The lowest BCUT2D eigenvalue weighted by atomic mass is 10.2. The van der Waals surface area contributed by atoms with Gasteiger partial charge in [0.25, 0.3) is 0 Å². The maximum Gasteiger partial charge on any atom is 0.359 e. The van der Waals surface area contributed by atoms with Crippen LogP contribution in [0.5, 0.6) is 0 Å². The Labute approximate surface area is 124 Å². The van der Waals surface area contributed by atoms with Crippen LogP contribution in [0.1, 0.15) is 23.1 Å². The number of hydrogen-bond acceptors (Lipinski definition) is 6. The first-order valence-corrected chi connectivity index (χ1v) is 7.28. The van der Waals surface area contributed by atoms with Crippen molar-refractivity contribution in [2.45, 2.75) is 13.5 Å². The first-order chi connectivity index (χ1) is 10.2. The summed E-state index contributed by atoms with van der Waals surface area (Å²) in [6, 6.07) is 9.68. The number of imidazole rings is 1. The van der Waals surface area contributed by atoms with E-state index in [1.165, 1.54) is 15.9 Å². The third-order valence-electron chi connectivity index (χ3n) is 2.94. The molecule has 108 valence electrons. The fraction of sp³-hybridized carbons (Fsp3) is 0.214. The van der Waals surface area contributed by atoms with Gasteiger partial charge in [0.15, 0.2) is 5.69 Å². The Balaban J connectivity index is 2.08. The zero-order chi connectivity index (χ0) is 14.8. The fourth-order valence-corrected chi connectivity index (χ4v) is 2.92. The summed E-state index contributed by atoms with van der Waals surface area (Å²) >= 11 is 1.36. The highest BCUT2D eigenvalue weighted by Crippen LogP contribution is 2.27. The van der Waals surface area contributed by atoms with E-state index in [-0.39, 0.29) is 18.9 Å². The van der Waals surface area contributed by atoms with Gasteiger partial charge in [0, 0.05) is 5.56 Å². The zero-order valence-corrected chi connectivity index (χ0v) is 12.1. The summed E-state index contributed by atoms with van der Waals surface area (Å²) < 4.78 is 6.43. The molecule has 0 fully saturated rings. The number of aliphatic hydroxyl groups excluding tert-OH is 1. The van der Waals surface area contributed by atoms with Gasteiger partial charge >= 0.3 is 5.97 Å². The Morgan fingerprint density at radius 3 is 2.81 bits per heavy atom. The second kappa shape index (κ2) is 5.63. The van der Waals surface area contributed by atoms with Crippen LogP contribution in [0.15, 0.2) is 30.3 Å². The topological polar surface area (TPSA) is 76.7 Å². The zero-order valence-electron chi connectivity index (χ0n) is 11.3. The highest BCUT2D eigenvalue weighted by Gasteiger charge is 2.22. The van der Waals surface area contributed by atoms with Crippen LogP contribution in [0.2, 0.25) is 0 Å². The molecule has 0 spiro atoms. The quantitative estimate of drug-likeness (QED) is 0.747. The molecule has 21 heavy (non-hydrogen) atoms. The second-order valence-corrected chi connectivity index (χ2v) is 5.21. The third kappa shape index (κ3) is 2.41. The summed E-state index contributed by atoms with van der Waals surface area (Å²) in [7, 11) is 0. The van der Waals surface area contributed by atoms with E-state index in [4.69, 9.17) is 4.74 Å². The molecular formula is C14H13N3O3S. The standard InChI is InChI=1S/C14H13N3O3S/c1-2-20-13(19)11-10(8-18)17-14(15-11)21-12(16-17)9-6-4-3-5-7-9/h3-7,18H,2,8H2,1H3. The summed E-state index contributed by atoms with van der Waals surface area (Å²) in [5.41, 5.74) is 1.44. The van der Waals surface area contributed by atoms with E-state index in [9.17, 15) is 9.90 Å². The Hall–Kier alpha value is -2.25. The number of aliphatic hydroxyl groups is 1. The number of fused-ring (bicyclic) bond motifs is 1. The van der Waals surface area contributed by atoms with Gasteiger partial charge < -0.3 is 9.84 Å². The molecule has 2 heterocycles. The van der Waals surface area contributed by atoms with Crippen molar-refractivity contribution < 1.29 is 14.6 Å². The number of hydrogen-bond donors (Lipinski definition) is 1. The van der Waals surface area contributed by atoms with E-state index in [1.807, 2.05) is 30.3 Å². The molecule has 3 rings (SSSR count). The van der Waals surface area contributed by atoms with Crippen LogP contribution in [-0.4, -0.2) is 32.3 Å². The van der Waals surface area contributed by atoms with E-state index >= 15 is 0 Å². The first kappa shape index (κ1) is 13.7. The van der Waals surface area contributed by atoms with Crippen molar-refractivity contribution >= 4 is 22.3 Å². The van der Waals surface area contributed by atoms with Gasteiger partial charge in [-0.15, -0.1) is 0 Å². The van der Waals surface area contributed by atoms with Crippen molar-refractivity contribution in [1.82, 2.24) is 14.6 Å². The van der Waals surface area contributed by atoms with Crippen LogP contribution in [0, 0.1) is 0 Å². The number of benzene rings is 1. The number of aromatic nitrogens is 3. The third-order valence-corrected chi connectivity index (χ3v) is 3.89. The lowest BCUT2D eigenvalue weighted by Gasteiger charge is -2.00. The first-order valence-electron chi connectivity index (χ1n) is 6.46. The minimum Gasteiger partial charge on any atom is -0.461 e. The smallest absolute Gasteiger partial charge is 0.359 e. The van der Waals surface area contributed by atoms with Crippen molar-refractivity contribution in [3.8, 4) is 10.6 Å². The molecule has 1 aromatic carbocycles. The van der Waals surface area contributed by atoms with Gasteiger partial charge in [0.2, 0.25) is 4.96 Å². The monoisotopic (exact) mass is 303 g/mol. The lowest BCUT2D eigenvalue weighted by Crippen LogP contribution is -2.09. The average Bonchev–Trinajstić information content (AvgIpc) is 3.05. The summed E-state index contributed by atoms with van der Waals surface area (Å²) in [6.07, 6.45) is 0. The molecule has 6 nitrogen and oxygen atoms in total. The number of rotatable bonds is 4. The van der Waals surface area contributed by atoms with Gasteiger partial charge in [-0.2, -0.15) is 5.10 Å². The summed E-state index contributed by atoms with van der Waals surface area (Å²) in [6.45, 7) is 1.66. The highest BCUT2D eigenvalue weighted by atomic mass is 32.1. The molecule has 1 N–H and O–H groups in total. The van der Waals surface area contributed by atoms with Crippen LogP contribution in [0.3, 0.4) is 0 Å². The summed E-state index contributed by atoms with van der Waals surface area (Å²) in [5.74, 6) is -0.541. The Morgan fingerprint density at radius 2 is 2.14 bits per heavy atom. The van der Waals surface area contributed by atoms with Crippen LogP contribution in [0.25, 0.3) is 15.5 Å². The molecule has 0 radical (unpaired) electrons. The van der Waals surface area contributed by atoms with E-state index in [0.29, 0.717) is 10.7 Å². The second-order valence-electron chi connectivity index (χ2n) is 4.25. The van der Waals surface area contributed by atoms with Crippen molar-refractivity contribution in [3.05, 3.63) is 41.7 Å². The van der Waals surface area contributed by atoms with Crippen molar-refractivity contribution in [2.75, 3.05) is 6.61 Å².